The standard InChI is InChI=1S/C25H26F3N5O2.ClH/c1-13-16(8-15-12-30-22(11-20(15)31-13)33-23(34)14-4-5-14)17-9-21(19(27)10-18(17)26)32-24(35)29-7-6-25(2,3)28;/h8-12,14H,4-7H2,1-3H3,(H2,29,32,35)(H,30,33,34);1H. The Morgan fingerprint density at radius 2 is 1.78 bits per heavy atom. The van der Waals surface area contributed by atoms with Gasteiger partial charge in [0.25, 0.3) is 0 Å². The monoisotopic (exact) mass is 521 g/mol. The molecule has 1 saturated carbocycles. The third-order valence-corrected chi connectivity index (χ3v) is 5.69. The SMILES string of the molecule is Cc1nc2cc(NC(=O)C3CC3)ncc2cc1-c1cc(NC(=O)NCCC(C)(C)F)c(F)cc1F.Cl. The molecule has 0 bridgehead atoms. The maximum atomic E-state index is 14.8. The van der Waals surface area contributed by atoms with Crippen LogP contribution in [-0.4, -0.2) is 34.1 Å². The van der Waals surface area contributed by atoms with Crippen molar-refractivity contribution < 1.29 is 22.8 Å². The molecule has 0 spiro atoms. The number of pyridine rings is 2. The molecule has 0 aliphatic heterocycles. The third kappa shape index (κ3) is 6.63. The fraction of sp³-hybridized carbons (Fsp3) is 0.360. The summed E-state index contributed by atoms with van der Waals surface area (Å²) < 4.78 is 42.7. The summed E-state index contributed by atoms with van der Waals surface area (Å²) in [6.45, 7) is 4.51. The van der Waals surface area contributed by atoms with E-state index in [4.69, 9.17) is 0 Å². The van der Waals surface area contributed by atoms with Gasteiger partial charge < -0.3 is 16.0 Å². The quantitative estimate of drug-likeness (QED) is 0.360. The fourth-order valence-corrected chi connectivity index (χ4v) is 3.57. The van der Waals surface area contributed by atoms with Gasteiger partial charge in [0.05, 0.1) is 11.2 Å². The van der Waals surface area contributed by atoms with Crippen LogP contribution in [0.5, 0.6) is 0 Å². The van der Waals surface area contributed by atoms with Gasteiger partial charge in [0.2, 0.25) is 5.91 Å². The summed E-state index contributed by atoms with van der Waals surface area (Å²) in [5.41, 5.74) is -0.216. The van der Waals surface area contributed by atoms with E-state index in [1.165, 1.54) is 26.1 Å². The van der Waals surface area contributed by atoms with Crippen LogP contribution in [0.4, 0.5) is 29.5 Å². The van der Waals surface area contributed by atoms with Crippen LogP contribution in [0.15, 0.2) is 30.5 Å². The number of halogens is 4. The zero-order valence-electron chi connectivity index (χ0n) is 20.0. The molecule has 2 heterocycles. The Kier molecular flexibility index (Phi) is 8.08. The number of fused-ring (bicyclic) bond motifs is 1. The van der Waals surface area contributed by atoms with Gasteiger partial charge in [-0.1, -0.05) is 0 Å². The number of carbonyl (C=O) groups is 2. The molecule has 3 amide bonds. The molecule has 1 fully saturated rings. The van der Waals surface area contributed by atoms with Crippen LogP contribution >= 0.6 is 12.4 Å². The Labute approximate surface area is 212 Å². The summed E-state index contributed by atoms with van der Waals surface area (Å²) in [4.78, 5) is 32.9. The Bertz CT molecular complexity index is 1310. The Balaban J connectivity index is 0.00000361. The van der Waals surface area contributed by atoms with Gasteiger partial charge in [0.15, 0.2) is 0 Å². The van der Waals surface area contributed by atoms with E-state index in [0.717, 1.165) is 12.8 Å². The first-order valence-corrected chi connectivity index (χ1v) is 11.3. The first-order chi connectivity index (χ1) is 16.5. The Morgan fingerprint density at radius 1 is 1.06 bits per heavy atom. The van der Waals surface area contributed by atoms with Crippen molar-refractivity contribution in [2.45, 2.75) is 45.7 Å². The molecule has 7 nitrogen and oxygen atoms in total. The summed E-state index contributed by atoms with van der Waals surface area (Å²) in [7, 11) is 0. The van der Waals surface area contributed by atoms with Crippen LogP contribution in [0.25, 0.3) is 22.0 Å². The lowest BCUT2D eigenvalue weighted by molar-refractivity contribution is -0.117. The molecule has 1 aliphatic carbocycles. The van der Waals surface area contributed by atoms with Crippen molar-refractivity contribution in [3.63, 3.8) is 0 Å². The molecule has 0 atom stereocenters. The van der Waals surface area contributed by atoms with Gasteiger partial charge in [-0.15, -0.1) is 12.4 Å². The highest BCUT2D eigenvalue weighted by atomic mass is 35.5. The lowest BCUT2D eigenvalue weighted by Crippen LogP contribution is -2.32. The number of alkyl halides is 1. The zero-order chi connectivity index (χ0) is 25.3. The number of benzene rings is 1. The van der Waals surface area contributed by atoms with E-state index >= 15 is 0 Å². The Morgan fingerprint density at radius 3 is 2.44 bits per heavy atom. The van der Waals surface area contributed by atoms with Crippen molar-refractivity contribution in [3.05, 3.63) is 47.8 Å². The molecule has 1 aliphatic rings. The largest absolute Gasteiger partial charge is 0.338 e. The topological polar surface area (TPSA) is 96.0 Å². The second-order valence-corrected chi connectivity index (χ2v) is 9.31. The number of amides is 3. The summed E-state index contributed by atoms with van der Waals surface area (Å²) in [6.07, 6.45) is 3.35. The predicted octanol–water partition coefficient (Wildman–Crippen LogP) is 5.91. The molecule has 0 unspecified atom stereocenters. The fourth-order valence-electron chi connectivity index (χ4n) is 3.57. The number of hydrogen-bond acceptors (Lipinski definition) is 4. The van der Waals surface area contributed by atoms with E-state index in [2.05, 4.69) is 25.9 Å². The highest BCUT2D eigenvalue weighted by Crippen LogP contribution is 2.33. The van der Waals surface area contributed by atoms with E-state index in [1.807, 2.05) is 0 Å². The van der Waals surface area contributed by atoms with Crippen LogP contribution in [0, 0.1) is 24.5 Å². The molecule has 11 heteroatoms. The van der Waals surface area contributed by atoms with Gasteiger partial charge in [-0.05, 0) is 52.2 Å². The van der Waals surface area contributed by atoms with Gasteiger partial charge in [-0.2, -0.15) is 0 Å². The predicted molar refractivity (Wildman–Crippen MR) is 135 cm³/mol. The molecule has 36 heavy (non-hydrogen) atoms. The summed E-state index contributed by atoms with van der Waals surface area (Å²) in [5, 5.41) is 8.16. The summed E-state index contributed by atoms with van der Waals surface area (Å²) >= 11 is 0. The van der Waals surface area contributed by atoms with E-state index in [-0.39, 0.29) is 48.4 Å². The molecule has 2 aromatic heterocycles. The number of nitrogens with zero attached hydrogens (tertiary/aromatic N) is 2. The summed E-state index contributed by atoms with van der Waals surface area (Å²) in [5.74, 6) is -1.42. The molecule has 0 radical (unpaired) electrons. The van der Waals surface area contributed by atoms with Gasteiger partial charge in [0.1, 0.15) is 23.1 Å². The van der Waals surface area contributed by atoms with E-state index in [0.29, 0.717) is 34.0 Å². The first kappa shape index (κ1) is 27.2. The van der Waals surface area contributed by atoms with Gasteiger partial charge in [0, 0.05) is 53.0 Å². The lowest BCUT2D eigenvalue weighted by atomic mass is 10.0. The van der Waals surface area contributed by atoms with Crippen LogP contribution in [0.2, 0.25) is 0 Å². The number of rotatable bonds is 7. The van der Waals surface area contributed by atoms with Crippen molar-refractivity contribution in [2.24, 2.45) is 5.92 Å². The van der Waals surface area contributed by atoms with Crippen molar-refractivity contribution in [2.75, 3.05) is 17.2 Å². The minimum Gasteiger partial charge on any atom is -0.338 e. The maximum Gasteiger partial charge on any atom is 0.319 e. The molecular formula is C25H27ClF3N5O2. The lowest BCUT2D eigenvalue weighted by Gasteiger charge is -2.15. The highest BCUT2D eigenvalue weighted by molar-refractivity contribution is 5.95. The number of nitrogens with one attached hydrogen (secondary N) is 3. The van der Waals surface area contributed by atoms with E-state index in [1.54, 1.807) is 19.1 Å². The normalized spacial score (nSPS) is 13.2. The van der Waals surface area contributed by atoms with Crippen LogP contribution < -0.4 is 16.0 Å². The first-order valence-electron chi connectivity index (χ1n) is 11.3. The smallest absolute Gasteiger partial charge is 0.319 e. The van der Waals surface area contributed by atoms with Crippen LogP contribution in [0.1, 0.15) is 38.8 Å². The number of carbonyl (C=O) groups excluding carboxylic acids is 2. The van der Waals surface area contributed by atoms with Crippen molar-refractivity contribution in [3.8, 4) is 11.1 Å². The Hall–Kier alpha value is -3.40. The molecule has 3 aromatic rings. The van der Waals surface area contributed by atoms with Gasteiger partial charge in [-0.3, -0.25) is 9.78 Å². The van der Waals surface area contributed by atoms with Crippen LogP contribution in [0.3, 0.4) is 0 Å². The average Bonchev–Trinajstić information content (AvgIpc) is 3.60. The third-order valence-electron chi connectivity index (χ3n) is 5.69. The van der Waals surface area contributed by atoms with Crippen LogP contribution in [-0.2, 0) is 4.79 Å². The number of urea groups is 1. The number of anilines is 2. The second kappa shape index (κ2) is 10.7. The number of aromatic nitrogens is 2. The van der Waals surface area contributed by atoms with Crippen molar-refractivity contribution in [1.29, 1.82) is 0 Å². The van der Waals surface area contributed by atoms with Gasteiger partial charge >= 0.3 is 6.03 Å². The van der Waals surface area contributed by atoms with E-state index in [9.17, 15) is 22.8 Å². The van der Waals surface area contributed by atoms with Gasteiger partial charge in [-0.25, -0.2) is 22.9 Å². The second-order valence-electron chi connectivity index (χ2n) is 9.31. The molecule has 4 rings (SSSR count). The molecule has 1 aromatic carbocycles. The summed E-state index contributed by atoms with van der Waals surface area (Å²) in [6, 6.07) is 4.46. The molecule has 0 saturated heterocycles. The minimum atomic E-state index is -1.46. The van der Waals surface area contributed by atoms with Crippen molar-refractivity contribution >= 4 is 46.8 Å². The average molecular weight is 522 g/mol. The molecule has 192 valence electrons. The van der Waals surface area contributed by atoms with E-state index < -0.39 is 23.3 Å². The zero-order valence-corrected chi connectivity index (χ0v) is 20.9. The minimum absolute atomic E-state index is 0. The molecular weight excluding hydrogens is 495 g/mol. The number of hydrogen-bond donors (Lipinski definition) is 3. The van der Waals surface area contributed by atoms with Crippen molar-refractivity contribution in [1.82, 2.24) is 15.3 Å². The highest BCUT2D eigenvalue weighted by Gasteiger charge is 2.29. The maximum absolute atomic E-state index is 14.8. The molecule has 3 N–H and O–H groups in total. The number of aryl methyl sites for hydroxylation is 1.